The fraction of sp³-hybridized carbons (Fsp3) is 0.278. The molecule has 0 unspecified atom stereocenters. The SMILES string of the molecule is COCCNC(=O)[C@H](OC(=O)c1cc2sccc2n1C)c1ccncc1. The lowest BCUT2D eigenvalue weighted by Gasteiger charge is -2.18. The van der Waals surface area contributed by atoms with Gasteiger partial charge in [0.2, 0.25) is 6.10 Å². The Balaban J connectivity index is 1.82. The van der Waals surface area contributed by atoms with Crippen LogP contribution < -0.4 is 5.32 Å². The fourth-order valence-electron chi connectivity index (χ4n) is 2.59. The maximum absolute atomic E-state index is 12.7. The van der Waals surface area contributed by atoms with Crippen LogP contribution in [0.4, 0.5) is 0 Å². The molecule has 0 spiro atoms. The van der Waals surface area contributed by atoms with Crippen LogP contribution >= 0.6 is 11.3 Å². The molecule has 0 saturated carbocycles. The summed E-state index contributed by atoms with van der Waals surface area (Å²) in [7, 11) is 3.35. The summed E-state index contributed by atoms with van der Waals surface area (Å²) in [6.07, 6.45) is 2.05. The molecular weight excluding hydrogens is 354 g/mol. The summed E-state index contributed by atoms with van der Waals surface area (Å²) in [6, 6.07) is 7.01. The molecular formula is C18H19N3O4S. The van der Waals surface area contributed by atoms with E-state index in [9.17, 15) is 9.59 Å². The number of aryl methyl sites for hydroxylation is 1. The average molecular weight is 373 g/mol. The van der Waals surface area contributed by atoms with Gasteiger partial charge in [-0.3, -0.25) is 9.78 Å². The highest BCUT2D eigenvalue weighted by Crippen LogP contribution is 2.26. The number of hydrogen-bond donors (Lipinski definition) is 1. The molecule has 3 aromatic heterocycles. The molecule has 3 rings (SSSR count). The van der Waals surface area contributed by atoms with Crippen LogP contribution in [0.5, 0.6) is 0 Å². The Bertz CT molecular complexity index is 904. The van der Waals surface area contributed by atoms with Gasteiger partial charge in [0.1, 0.15) is 5.69 Å². The van der Waals surface area contributed by atoms with Gasteiger partial charge in [-0.1, -0.05) is 0 Å². The zero-order chi connectivity index (χ0) is 18.5. The topological polar surface area (TPSA) is 82.5 Å². The monoisotopic (exact) mass is 373 g/mol. The van der Waals surface area contributed by atoms with E-state index >= 15 is 0 Å². The van der Waals surface area contributed by atoms with Gasteiger partial charge in [0.15, 0.2) is 0 Å². The van der Waals surface area contributed by atoms with Crippen LogP contribution in [0.2, 0.25) is 0 Å². The zero-order valence-corrected chi connectivity index (χ0v) is 15.3. The van der Waals surface area contributed by atoms with E-state index in [1.165, 1.54) is 0 Å². The van der Waals surface area contributed by atoms with E-state index in [2.05, 4.69) is 10.3 Å². The van der Waals surface area contributed by atoms with Crippen LogP contribution in [0.1, 0.15) is 22.2 Å². The van der Waals surface area contributed by atoms with Gasteiger partial charge in [-0.25, -0.2) is 4.79 Å². The van der Waals surface area contributed by atoms with Gasteiger partial charge in [-0.05, 0) is 29.6 Å². The number of nitrogens with one attached hydrogen (secondary N) is 1. The van der Waals surface area contributed by atoms with Crippen molar-refractivity contribution in [2.75, 3.05) is 20.3 Å². The Hall–Kier alpha value is -2.71. The van der Waals surface area contributed by atoms with Gasteiger partial charge in [0, 0.05) is 38.7 Å². The van der Waals surface area contributed by atoms with Crippen molar-refractivity contribution >= 4 is 33.4 Å². The number of amides is 1. The van der Waals surface area contributed by atoms with Crippen LogP contribution in [0, 0.1) is 0 Å². The van der Waals surface area contributed by atoms with E-state index in [4.69, 9.17) is 9.47 Å². The number of carbonyl (C=O) groups is 2. The smallest absolute Gasteiger partial charge is 0.356 e. The third-order valence-corrected chi connectivity index (χ3v) is 4.80. The van der Waals surface area contributed by atoms with Gasteiger partial charge in [-0.15, -0.1) is 11.3 Å². The minimum Gasteiger partial charge on any atom is -0.443 e. The summed E-state index contributed by atoms with van der Waals surface area (Å²) in [5, 5.41) is 4.67. The van der Waals surface area contributed by atoms with Crippen LogP contribution in [0.25, 0.3) is 10.2 Å². The van der Waals surface area contributed by atoms with E-state index in [1.54, 1.807) is 60.7 Å². The number of rotatable bonds is 7. The number of pyridine rings is 1. The van der Waals surface area contributed by atoms with Gasteiger partial charge in [0.05, 0.1) is 16.8 Å². The van der Waals surface area contributed by atoms with Gasteiger partial charge >= 0.3 is 5.97 Å². The first-order chi connectivity index (χ1) is 12.6. The second-order valence-electron chi connectivity index (χ2n) is 5.61. The molecule has 0 aliphatic heterocycles. The van der Waals surface area contributed by atoms with Gasteiger partial charge in [0.25, 0.3) is 5.91 Å². The van der Waals surface area contributed by atoms with Crippen LogP contribution in [0.3, 0.4) is 0 Å². The van der Waals surface area contributed by atoms with Gasteiger partial charge in [-0.2, -0.15) is 0 Å². The van der Waals surface area contributed by atoms with E-state index in [-0.39, 0.29) is 0 Å². The van der Waals surface area contributed by atoms with Crippen molar-refractivity contribution in [2.45, 2.75) is 6.10 Å². The molecule has 1 N–H and O–H groups in total. The minimum absolute atomic E-state index is 0.328. The van der Waals surface area contributed by atoms with Crippen molar-refractivity contribution in [1.82, 2.24) is 14.9 Å². The van der Waals surface area contributed by atoms with E-state index in [0.29, 0.717) is 24.4 Å². The lowest BCUT2D eigenvalue weighted by Crippen LogP contribution is -2.34. The van der Waals surface area contributed by atoms with E-state index in [1.807, 2.05) is 11.4 Å². The molecule has 8 heteroatoms. The molecule has 0 saturated heterocycles. The highest BCUT2D eigenvalue weighted by atomic mass is 32.1. The second-order valence-corrected chi connectivity index (χ2v) is 6.56. The van der Waals surface area contributed by atoms with E-state index in [0.717, 1.165) is 10.2 Å². The van der Waals surface area contributed by atoms with Crippen molar-refractivity contribution in [2.24, 2.45) is 7.05 Å². The summed E-state index contributed by atoms with van der Waals surface area (Å²) >= 11 is 1.54. The Morgan fingerprint density at radius 1 is 1.31 bits per heavy atom. The molecule has 136 valence electrons. The quantitative estimate of drug-likeness (QED) is 0.508. The second kappa shape index (κ2) is 8.11. The molecule has 0 aliphatic carbocycles. The lowest BCUT2D eigenvalue weighted by molar-refractivity contribution is -0.130. The Labute approximate surface area is 154 Å². The summed E-state index contributed by atoms with van der Waals surface area (Å²) in [4.78, 5) is 29.2. The third-order valence-electron chi connectivity index (χ3n) is 3.95. The molecule has 1 atom stereocenters. The Morgan fingerprint density at radius 3 is 2.77 bits per heavy atom. The van der Waals surface area contributed by atoms with Crippen LogP contribution in [-0.2, 0) is 21.3 Å². The number of fused-ring (bicyclic) bond motifs is 1. The highest BCUT2D eigenvalue weighted by Gasteiger charge is 2.27. The van der Waals surface area contributed by atoms with Crippen LogP contribution in [-0.4, -0.2) is 41.7 Å². The predicted molar refractivity (Wildman–Crippen MR) is 98.1 cm³/mol. The number of esters is 1. The highest BCUT2D eigenvalue weighted by molar-refractivity contribution is 7.17. The number of nitrogens with zero attached hydrogens (tertiary/aromatic N) is 2. The molecule has 3 aromatic rings. The largest absolute Gasteiger partial charge is 0.443 e. The number of hydrogen-bond acceptors (Lipinski definition) is 6. The minimum atomic E-state index is -1.06. The lowest BCUT2D eigenvalue weighted by atomic mass is 10.1. The van der Waals surface area contributed by atoms with Crippen molar-refractivity contribution in [1.29, 1.82) is 0 Å². The predicted octanol–water partition coefficient (Wildman–Crippen LogP) is 2.30. The van der Waals surface area contributed by atoms with Crippen molar-refractivity contribution in [3.8, 4) is 0 Å². The Kier molecular flexibility index (Phi) is 5.65. The van der Waals surface area contributed by atoms with E-state index < -0.39 is 18.0 Å². The van der Waals surface area contributed by atoms with Gasteiger partial charge < -0.3 is 19.4 Å². The average Bonchev–Trinajstić information content (AvgIpc) is 3.23. The molecule has 0 bridgehead atoms. The summed E-state index contributed by atoms with van der Waals surface area (Å²) in [5.74, 6) is -0.961. The maximum Gasteiger partial charge on any atom is 0.356 e. The summed E-state index contributed by atoms with van der Waals surface area (Å²) < 4.78 is 13.2. The molecule has 0 aliphatic rings. The summed E-state index contributed by atoms with van der Waals surface area (Å²) in [6.45, 7) is 0.700. The van der Waals surface area contributed by atoms with Crippen molar-refractivity contribution in [3.05, 3.63) is 53.3 Å². The zero-order valence-electron chi connectivity index (χ0n) is 14.5. The number of ether oxygens (including phenoxy) is 2. The maximum atomic E-state index is 12.7. The molecule has 26 heavy (non-hydrogen) atoms. The fourth-order valence-corrected chi connectivity index (χ4v) is 3.44. The molecule has 0 radical (unpaired) electrons. The normalized spacial score (nSPS) is 12.1. The van der Waals surface area contributed by atoms with Crippen molar-refractivity contribution in [3.63, 3.8) is 0 Å². The number of carbonyl (C=O) groups excluding carboxylic acids is 2. The summed E-state index contributed by atoms with van der Waals surface area (Å²) in [5.41, 5.74) is 1.90. The third kappa shape index (κ3) is 3.76. The first kappa shape index (κ1) is 18.1. The molecule has 0 aromatic carbocycles. The first-order valence-corrected chi connectivity index (χ1v) is 8.90. The molecule has 0 fully saturated rings. The number of methoxy groups -OCH3 is 1. The standard InChI is InChI=1S/C18H19N3O4S/c1-21-13-5-10-26-15(13)11-14(21)18(23)25-16(12-3-6-19-7-4-12)17(22)20-8-9-24-2/h3-7,10-11,16H,8-9H2,1-2H3,(H,20,22)/t16-/m1/s1. The molecule has 1 amide bonds. The Morgan fingerprint density at radius 2 is 2.08 bits per heavy atom. The first-order valence-electron chi connectivity index (χ1n) is 8.02. The molecule has 7 nitrogen and oxygen atoms in total. The number of aromatic nitrogens is 2. The molecule has 3 heterocycles. The number of thiophene rings is 1. The van der Waals surface area contributed by atoms with Crippen LogP contribution in [0.15, 0.2) is 42.0 Å². The van der Waals surface area contributed by atoms with Crippen molar-refractivity contribution < 1.29 is 19.1 Å².